The van der Waals surface area contributed by atoms with Gasteiger partial charge in [0.25, 0.3) is 0 Å². The van der Waals surface area contributed by atoms with Gasteiger partial charge in [-0.3, -0.25) is 4.98 Å². The van der Waals surface area contributed by atoms with Crippen LogP contribution in [0.1, 0.15) is 41.6 Å². The van der Waals surface area contributed by atoms with Crippen molar-refractivity contribution in [2.75, 3.05) is 6.54 Å². The second-order valence-electron chi connectivity index (χ2n) is 5.03. The fraction of sp³-hybridized carbons (Fsp3) is 0.353. The SMILES string of the molecule is CCCNC(c1ccc(C)cc1)c1cnccc1C. The van der Waals surface area contributed by atoms with Crippen LogP contribution in [0.3, 0.4) is 0 Å². The van der Waals surface area contributed by atoms with Crippen LogP contribution in [0.5, 0.6) is 0 Å². The summed E-state index contributed by atoms with van der Waals surface area (Å²) in [6.45, 7) is 7.46. The van der Waals surface area contributed by atoms with Crippen molar-refractivity contribution in [2.24, 2.45) is 0 Å². The van der Waals surface area contributed by atoms with Gasteiger partial charge in [0, 0.05) is 12.4 Å². The number of rotatable bonds is 5. The Hall–Kier alpha value is -1.67. The predicted molar refractivity (Wildman–Crippen MR) is 80.3 cm³/mol. The van der Waals surface area contributed by atoms with Crippen LogP contribution in [0.4, 0.5) is 0 Å². The third kappa shape index (κ3) is 3.42. The first-order valence-electron chi connectivity index (χ1n) is 6.93. The van der Waals surface area contributed by atoms with Crippen LogP contribution in [0.25, 0.3) is 0 Å². The second kappa shape index (κ2) is 6.48. The van der Waals surface area contributed by atoms with Gasteiger partial charge in [0.05, 0.1) is 6.04 Å². The Bertz CT molecular complexity index is 517. The molecule has 1 aromatic carbocycles. The number of nitrogens with zero attached hydrogens (tertiary/aromatic N) is 1. The Kier molecular flexibility index (Phi) is 4.69. The topological polar surface area (TPSA) is 24.9 Å². The molecule has 0 amide bonds. The van der Waals surface area contributed by atoms with Gasteiger partial charge in [-0.15, -0.1) is 0 Å². The molecule has 2 heteroatoms. The fourth-order valence-corrected chi connectivity index (χ4v) is 2.23. The van der Waals surface area contributed by atoms with E-state index in [9.17, 15) is 0 Å². The Morgan fingerprint density at radius 3 is 2.47 bits per heavy atom. The highest BCUT2D eigenvalue weighted by Crippen LogP contribution is 2.24. The smallest absolute Gasteiger partial charge is 0.0594 e. The van der Waals surface area contributed by atoms with E-state index in [1.807, 2.05) is 12.4 Å². The number of aryl methyl sites for hydroxylation is 2. The minimum Gasteiger partial charge on any atom is -0.306 e. The third-order valence-corrected chi connectivity index (χ3v) is 3.40. The molecule has 1 N–H and O–H groups in total. The maximum Gasteiger partial charge on any atom is 0.0594 e. The summed E-state index contributed by atoms with van der Waals surface area (Å²) in [5, 5.41) is 3.62. The number of nitrogens with one attached hydrogen (secondary N) is 1. The van der Waals surface area contributed by atoms with Gasteiger partial charge < -0.3 is 5.32 Å². The molecule has 100 valence electrons. The molecule has 1 unspecified atom stereocenters. The van der Waals surface area contributed by atoms with E-state index in [0.717, 1.165) is 13.0 Å². The van der Waals surface area contributed by atoms with Crippen molar-refractivity contribution in [3.05, 3.63) is 65.0 Å². The summed E-state index contributed by atoms with van der Waals surface area (Å²) in [6.07, 6.45) is 4.95. The number of aromatic nitrogens is 1. The molecule has 2 nitrogen and oxygen atoms in total. The summed E-state index contributed by atoms with van der Waals surface area (Å²) in [5.41, 5.74) is 5.14. The van der Waals surface area contributed by atoms with Gasteiger partial charge in [0.1, 0.15) is 0 Å². The summed E-state index contributed by atoms with van der Waals surface area (Å²) in [6, 6.07) is 11.0. The van der Waals surface area contributed by atoms with Crippen LogP contribution >= 0.6 is 0 Å². The molecule has 0 spiro atoms. The molecule has 1 heterocycles. The lowest BCUT2D eigenvalue weighted by molar-refractivity contribution is 0.594. The summed E-state index contributed by atoms with van der Waals surface area (Å²) in [7, 11) is 0. The van der Waals surface area contributed by atoms with Crippen LogP contribution in [-0.4, -0.2) is 11.5 Å². The Morgan fingerprint density at radius 2 is 1.84 bits per heavy atom. The first-order valence-corrected chi connectivity index (χ1v) is 6.93. The average molecular weight is 254 g/mol. The molecule has 2 aromatic rings. The van der Waals surface area contributed by atoms with Crippen LogP contribution in [0, 0.1) is 13.8 Å². The zero-order valence-corrected chi connectivity index (χ0v) is 12.0. The lowest BCUT2D eigenvalue weighted by atomic mass is 9.96. The molecule has 0 saturated carbocycles. The highest BCUT2D eigenvalue weighted by Gasteiger charge is 2.15. The molecule has 19 heavy (non-hydrogen) atoms. The van der Waals surface area contributed by atoms with E-state index in [1.165, 1.54) is 22.3 Å². The number of benzene rings is 1. The quantitative estimate of drug-likeness (QED) is 0.878. The molecule has 0 bridgehead atoms. The lowest BCUT2D eigenvalue weighted by Crippen LogP contribution is -2.24. The minimum atomic E-state index is 0.231. The normalized spacial score (nSPS) is 12.4. The van der Waals surface area contributed by atoms with Crippen molar-refractivity contribution in [1.82, 2.24) is 10.3 Å². The molecule has 0 aliphatic rings. The molecule has 2 rings (SSSR count). The van der Waals surface area contributed by atoms with E-state index in [-0.39, 0.29) is 6.04 Å². The maximum atomic E-state index is 4.28. The van der Waals surface area contributed by atoms with Crippen molar-refractivity contribution in [3.8, 4) is 0 Å². The molecule has 0 fully saturated rings. The largest absolute Gasteiger partial charge is 0.306 e. The number of pyridine rings is 1. The van der Waals surface area contributed by atoms with Gasteiger partial charge in [-0.05, 0) is 49.6 Å². The lowest BCUT2D eigenvalue weighted by Gasteiger charge is -2.21. The van der Waals surface area contributed by atoms with E-state index in [2.05, 4.69) is 61.4 Å². The van der Waals surface area contributed by atoms with Gasteiger partial charge in [-0.2, -0.15) is 0 Å². The summed E-state index contributed by atoms with van der Waals surface area (Å²) < 4.78 is 0. The Morgan fingerprint density at radius 1 is 1.11 bits per heavy atom. The van der Waals surface area contributed by atoms with Gasteiger partial charge >= 0.3 is 0 Å². The van der Waals surface area contributed by atoms with E-state index < -0.39 is 0 Å². The minimum absolute atomic E-state index is 0.231. The third-order valence-electron chi connectivity index (χ3n) is 3.40. The van der Waals surface area contributed by atoms with Crippen LogP contribution < -0.4 is 5.32 Å². The molecule has 0 aliphatic carbocycles. The molecule has 0 aliphatic heterocycles. The number of hydrogen-bond donors (Lipinski definition) is 1. The van der Waals surface area contributed by atoms with Crippen LogP contribution in [0.15, 0.2) is 42.7 Å². The molecular weight excluding hydrogens is 232 g/mol. The van der Waals surface area contributed by atoms with Crippen LogP contribution in [0.2, 0.25) is 0 Å². The van der Waals surface area contributed by atoms with Crippen molar-refractivity contribution in [3.63, 3.8) is 0 Å². The maximum absolute atomic E-state index is 4.28. The van der Waals surface area contributed by atoms with E-state index in [4.69, 9.17) is 0 Å². The van der Waals surface area contributed by atoms with Crippen molar-refractivity contribution in [2.45, 2.75) is 33.2 Å². The van der Waals surface area contributed by atoms with E-state index in [1.54, 1.807) is 0 Å². The monoisotopic (exact) mass is 254 g/mol. The number of hydrogen-bond acceptors (Lipinski definition) is 2. The standard InChI is InChI=1S/C17H22N2/c1-4-10-19-17(15-7-5-13(2)6-8-15)16-12-18-11-9-14(16)3/h5-9,11-12,17,19H,4,10H2,1-3H3. The van der Waals surface area contributed by atoms with Gasteiger partial charge in [0.2, 0.25) is 0 Å². The summed E-state index contributed by atoms with van der Waals surface area (Å²) in [4.78, 5) is 4.28. The van der Waals surface area contributed by atoms with Crippen molar-refractivity contribution in [1.29, 1.82) is 0 Å². The molecule has 1 atom stereocenters. The first-order chi connectivity index (χ1) is 9.22. The highest BCUT2D eigenvalue weighted by atomic mass is 14.9. The predicted octanol–water partition coefficient (Wildman–Crippen LogP) is 3.79. The van der Waals surface area contributed by atoms with Crippen molar-refractivity contribution < 1.29 is 0 Å². The van der Waals surface area contributed by atoms with Gasteiger partial charge in [0.15, 0.2) is 0 Å². The zero-order valence-electron chi connectivity index (χ0n) is 12.0. The van der Waals surface area contributed by atoms with Gasteiger partial charge in [-0.1, -0.05) is 36.8 Å². The van der Waals surface area contributed by atoms with Crippen LogP contribution in [-0.2, 0) is 0 Å². The first kappa shape index (κ1) is 13.8. The highest BCUT2D eigenvalue weighted by molar-refractivity contribution is 5.35. The summed E-state index contributed by atoms with van der Waals surface area (Å²) >= 11 is 0. The molecular formula is C17H22N2. The molecule has 1 aromatic heterocycles. The summed E-state index contributed by atoms with van der Waals surface area (Å²) in [5.74, 6) is 0. The molecule has 0 radical (unpaired) electrons. The average Bonchev–Trinajstić information content (AvgIpc) is 2.43. The Balaban J connectivity index is 2.35. The van der Waals surface area contributed by atoms with E-state index in [0.29, 0.717) is 0 Å². The van der Waals surface area contributed by atoms with E-state index >= 15 is 0 Å². The van der Waals surface area contributed by atoms with Crippen molar-refractivity contribution >= 4 is 0 Å². The Labute approximate surface area is 115 Å². The fourth-order valence-electron chi connectivity index (χ4n) is 2.23. The molecule has 0 saturated heterocycles. The second-order valence-corrected chi connectivity index (χ2v) is 5.03. The zero-order chi connectivity index (χ0) is 13.7. The van der Waals surface area contributed by atoms with Gasteiger partial charge in [-0.25, -0.2) is 0 Å².